The van der Waals surface area contributed by atoms with Crippen LogP contribution >= 0.6 is 11.6 Å². The second-order valence-electron chi connectivity index (χ2n) is 5.45. The van der Waals surface area contributed by atoms with Crippen LogP contribution < -0.4 is 5.32 Å². The number of nitrogens with zero attached hydrogens (tertiary/aromatic N) is 3. The van der Waals surface area contributed by atoms with E-state index < -0.39 is 0 Å². The number of halogens is 1. The third kappa shape index (κ3) is 3.46. The molecular weight excluding hydrogens is 324 g/mol. The molecule has 1 amide bonds. The molecule has 0 aliphatic carbocycles. The minimum Gasteiger partial charge on any atom is -0.321 e. The summed E-state index contributed by atoms with van der Waals surface area (Å²) in [7, 11) is 1.85. The lowest BCUT2D eigenvalue weighted by Crippen LogP contribution is -2.13. The molecule has 1 aromatic carbocycles. The van der Waals surface area contributed by atoms with E-state index in [4.69, 9.17) is 11.6 Å². The molecule has 0 saturated carbocycles. The molecule has 0 aliphatic heterocycles. The van der Waals surface area contributed by atoms with Crippen LogP contribution in [0, 0.1) is 0 Å². The zero-order chi connectivity index (χ0) is 17.1. The number of aryl methyl sites for hydroxylation is 2. The number of anilines is 1. The quantitative estimate of drug-likeness (QED) is 0.782. The molecule has 0 saturated heterocycles. The van der Waals surface area contributed by atoms with Crippen LogP contribution in [0.3, 0.4) is 0 Å². The number of hydrogen-bond acceptors (Lipinski definition) is 3. The summed E-state index contributed by atoms with van der Waals surface area (Å²) < 4.78 is 1.72. The minimum atomic E-state index is -0.277. The molecule has 0 atom stereocenters. The van der Waals surface area contributed by atoms with E-state index in [1.165, 1.54) is 0 Å². The van der Waals surface area contributed by atoms with E-state index in [-0.39, 0.29) is 5.91 Å². The Labute approximate surface area is 145 Å². The summed E-state index contributed by atoms with van der Waals surface area (Å²) >= 11 is 6.19. The van der Waals surface area contributed by atoms with Crippen molar-refractivity contribution < 1.29 is 4.79 Å². The van der Waals surface area contributed by atoms with Crippen molar-refractivity contribution in [2.45, 2.75) is 13.3 Å². The Morgan fingerprint density at radius 1 is 1.25 bits per heavy atom. The zero-order valence-electron chi connectivity index (χ0n) is 13.5. The third-order valence-corrected chi connectivity index (χ3v) is 4.07. The van der Waals surface area contributed by atoms with Crippen molar-refractivity contribution in [3.63, 3.8) is 0 Å². The molecule has 0 spiro atoms. The summed E-state index contributed by atoms with van der Waals surface area (Å²) in [5, 5.41) is 7.62. The third-order valence-electron chi connectivity index (χ3n) is 3.72. The van der Waals surface area contributed by atoms with Gasteiger partial charge in [-0.15, -0.1) is 0 Å². The van der Waals surface area contributed by atoms with Crippen molar-refractivity contribution in [3.05, 3.63) is 65.2 Å². The summed E-state index contributed by atoms with van der Waals surface area (Å²) in [6.45, 7) is 2.04. The molecule has 0 unspecified atom stereocenters. The van der Waals surface area contributed by atoms with Gasteiger partial charge in [-0.1, -0.05) is 24.6 Å². The van der Waals surface area contributed by atoms with E-state index in [1.54, 1.807) is 29.2 Å². The molecule has 6 heteroatoms. The number of hydrogen-bond donors (Lipinski definition) is 1. The first-order valence-corrected chi connectivity index (χ1v) is 7.99. The van der Waals surface area contributed by atoms with Crippen molar-refractivity contribution >= 4 is 23.2 Å². The van der Waals surface area contributed by atoms with Crippen LogP contribution in [0.25, 0.3) is 11.1 Å². The number of rotatable bonds is 4. The van der Waals surface area contributed by atoms with E-state index in [0.29, 0.717) is 16.4 Å². The highest BCUT2D eigenvalue weighted by Gasteiger charge is 2.11. The fourth-order valence-electron chi connectivity index (χ4n) is 2.41. The molecule has 122 valence electrons. The summed E-state index contributed by atoms with van der Waals surface area (Å²) in [6, 6.07) is 9.10. The zero-order valence-corrected chi connectivity index (χ0v) is 14.2. The topological polar surface area (TPSA) is 59.8 Å². The minimum absolute atomic E-state index is 0.277. The van der Waals surface area contributed by atoms with Gasteiger partial charge in [0, 0.05) is 35.7 Å². The van der Waals surface area contributed by atoms with Gasteiger partial charge in [0.1, 0.15) is 5.69 Å². The van der Waals surface area contributed by atoms with E-state index in [2.05, 4.69) is 15.4 Å². The van der Waals surface area contributed by atoms with Gasteiger partial charge in [0.25, 0.3) is 5.91 Å². The van der Waals surface area contributed by atoms with E-state index >= 15 is 0 Å². The van der Waals surface area contributed by atoms with Crippen LogP contribution in [0.5, 0.6) is 0 Å². The Balaban J connectivity index is 1.81. The van der Waals surface area contributed by atoms with Gasteiger partial charge in [0.15, 0.2) is 0 Å². The number of amides is 1. The monoisotopic (exact) mass is 340 g/mol. The van der Waals surface area contributed by atoms with Crippen LogP contribution in [0.1, 0.15) is 23.0 Å². The second kappa shape index (κ2) is 6.84. The molecule has 0 radical (unpaired) electrons. The second-order valence-corrected chi connectivity index (χ2v) is 5.85. The molecule has 2 heterocycles. The van der Waals surface area contributed by atoms with Crippen LogP contribution in [-0.4, -0.2) is 20.7 Å². The van der Waals surface area contributed by atoms with Crippen molar-refractivity contribution in [1.29, 1.82) is 0 Å². The molecule has 3 rings (SSSR count). The Hall–Kier alpha value is -2.66. The lowest BCUT2D eigenvalue weighted by molar-refractivity contribution is 0.102. The van der Waals surface area contributed by atoms with E-state index in [9.17, 15) is 4.79 Å². The van der Waals surface area contributed by atoms with Gasteiger partial charge in [-0.3, -0.25) is 14.5 Å². The molecule has 5 nitrogen and oxygen atoms in total. The lowest BCUT2D eigenvalue weighted by Gasteiger charge is -2.08. The van der Waals surface area contributed by atoms with Crippen molar-refractivity contribution in [2.75, 3.05) is 5.32 Å². The number of pyridine rings is 1. The van der Waals surface area contributed by atoms with Gasteiger partial charge in [-0.25, -0.2) is 0 Å². The average molecular weight is 341 g/mol. The molecule has 0 fully saturated rings. The highest BCUT2D eigenvalue weighted by atomic mass is 35.5. The number of carbonyl (C=O) groups is 1. The summed E-state index contributed by atoms with van der Waals surface area (Å²) in [6.07, 6.45) is 6.10. The molecular formula is C18H17ClN4O. The number of aromatic nitrogens is 3. The standard InChI is InChI=1S/C18H17ClN4O/c1-3-12-4-5-15(9-16(12)19)22-18(24)17-8-13(6-7-20-17)14-10-21-23(2)11-14/h4-11H,3H2,1-2H3,(H,22,24). The fourth-order valence-corrected chi connectivity index (χ4v) is 2.73. The first kappa shape index (κ1) is 16.2. The maximum atomic E-state index is 12.4. The van der Waals surface area contributed by atoms with Gasteiger partial charge in [-0.05, 0) is 41.8 Å². The van der Waals surface area contributed by atoms with Crippen molar-refractivity contribution in [2.24, 2.45) is 7.05 Å². The maximum absolute atomic E-state index is 12.4. The first-order chi connectivity index (χ1) is 11.6. The largest absolute Gasteiger partial charge is 0.321 e. The van der Waals surface area contributed by atoms with Gasteiger partial charge < -0.3 is 5.32 Å². The predicted molar refractivity (Wildman–Crippen MR) is 95.2 cm³/mol. The highest BCUT2D eigenvalue weighted by molar-refractivity contribution is 6.31. The molecule has 1 N–H and O–H groups in total. The predicted octanol–water partition coefficient (Wildman–Crippen LogP) is 3.95. The van der Waals surface area contributed by atoms with Crippen molar-refractivity contribution in [1.82, 2.24) is 14.8 Å². The van der Waals surface area contributed by atoms with E-state index in [1.807, 2.05) is 38.4 Å². The van der Waals surface area contributed by atoms with Crippen molar-refractivity contribution in [3.8, 4) is 11.1 Å². The Kier molecular flexibility index (Phi) is 4.62. The van der Waals surface area contributed by atoms with Crippen LogP contribution in [0.4, 0.5) is 5.69 Å². The Morgan fingerprint density at radius 2 is 2.08 bits per heavy atom. The summed E-state index contributed by atoms with van der Waals surface area (Å²) in [5.74, 6) is -0.277. The van der Waals surface area contributed by atoms with Gasteiger partial charge in [0.2, 0.25) is 0 Å². The lowest BCUT2D eigenvalue weighted by atomic mass is 10.1. The Bertz CT molecular complexity index is 888. The van der Waals surface area contributed by atoms with Crippen LogP contribution in [0.15, 0.2) is 48.9 Å². The summed E-state index contributed by atoms with van der Waals surface area (Å²) in [5.41, 5.74) is 3.86. The molecule has 3 aromatic rings. The molecule has 0 aliphatic rings. The molecule has 24 heavy (non-hydrogen) atoms. The van der Waals surface area contributed by atoms with Gasteiger partial charge >= 0.3 is 0 Å². The SMILES string of the molecule is CCc1ccc(NC(=O)c2cc(-c3cnn(C)c3)ccn2)cc1Cl. The van der Waals surface area contributed by atoms with Gasteiger partial charge in [-0.2, -0.15) is 5.10 Å². The number of benzene rings is 1. The highest BCUT2D eigenvalue weighted by Crippen LogP contribution is 2.22. The normalized spacial score (nSPS) is 10.6. The Morgan fingerprint density at radius 3 is 2.75 bits per heavy atom. The summed E-state index contributed by atoms with van der Waals surface area (Å²) in [4.78, 5) is 16.6. The average Bonchev–Trinajstić information content (AvgIpc) is 3.02. The van der Waals surface area contributed by atoms with Crippen LogP contribution in [0.2, 0.25) is 5.02 Å². The fraction of sp³-hybridized carbons (Fsp3) is 0.167. The number of nitrogens with one attached hydrogen (secondary N) is 1. The molecule has 0 bridgehead atoms. The first-order valence-electron chi connectivity index (χ1n) is 7.61. The van der Waals surface area contributed by atoms with Crippen LogP contribution in [-0.2, 0) is 13.5 Å². The van der Waals surface area contributed by atoms with Gasteiger partial charge in [0.05, 0.1) is 6.20 Å². The smallest absolute Gasteiger partial charge is 0.274 e. The number of carbonyl (C=O) groups excluding carboxylic acids is 1. The van der Waals surface area contributed by atoms with E-state index in [0.717, 1.165) is 23.1 Å². The molecule has 2 aromatic heterocycles. The maximum Gasteiger partial charge on any atom is 0.274 e.